The Morgan fingerprint density at radius 3 is 2.42 bits per heavy atom. The number of aromatic nitrogens is 2. The van der Waals surface area contributed by atoms with Crippen LogP contribution in [0.2, 0.25) is 0 Å². The van der Waals surface area contributed by atoms with Crippen molar-refractivity contribution in [1.29, 1.82) is 0 Å². The van der Waals surface area contributed by atoms with Crippen LogP contribution in [0.1, 0.15) is 39.8 Å². The van der Waals surface area contributed by atoms with Crippen molar-refractivity contribution in [2.24, 2.45) is 0 Å². The number of aliphatic hydroxyl groups is 2. The summed E-state index contributed by atoms with van der Waals surface area (Å²) in [6.45, 7) is -0.392. The molecule has 0 unspecified atom stereocenters. The summed E-state index contributed by atoms with van der Waals surface area (Å²) in [4.78, 5) is 29.4. The number of ether oxygens (including phenoxy) is 1. The first-order chi connectivity index (χ1) is 17.4. The van der Waals surface area contributed by atoms with Crippen LogP contribution in [0, 0.1) is 11.6 Å². The van der Waals surface area contributed by atoms with E-state index in [0.29, 0.717) is 56.5 Å². The first-order valence-electron chi connectivity index (χ1n) is 11.6. The number of nitrogens with zero attached hydrogens (tertiary/aromatic N) is 1. The molecule has 3 aromatic carbocycles. The van der Waals surface area contributed by atoms with Gasteiger partial charge in [-0.1, -0.05) is 0 Å². The molecule has 8 nitrogen and oxygen atoms in total. The number of hydrogen-bond acceptors (Lipinski definition) is 5. The van der Waals surface area contributed by atoms with E-state index in [1.165, 1.54) is 24.3 Å². The third-order valence-electron chi connectivity index (χ3n) is 7.33. The molecule has 36 heavy (non-hydrogen) atoms. The number of carbonyl (C=O) groups is 2. The highest BCUT2D eigenvalue weighted by Gasteiger charge is 2.38. The van der Waals surface area contributed by atoms with Crippen LogP contribution in [0.3, 0.4) is 0 Å². The molecule has 7 rings (SSSR count). The number of hydrogen-bond donors (Lipinski definition) is 4. The van der Waals surface area contributed by atoms with Gasteiger partial charge in [-0.3, -0.25) is 14.9 Å². The normalized spacial score (nSPS) is 22.3. The van der Waals surface area contributed by atoms with Crippen LogP contribution in [0.5, 0.6) is 0 Å². The number of benzene rings is 3. The van der Waals surface area contributed by atoms with E-state index in [4.69, 9.17) is 4.74 Å². The summed E-state index contributed by atoms with van der Waals surface area (Å²) < 4.78 is 36.7. The Bertz CT molecular complexity index is 1790. The maximum absolute atomic E-state index is 14.5. The maximum atomic E-state index is 14.5. The third kappa shape index (κ3) is 2.71. The Balaban J connectivity index is 1.71. The highest BCUT2D eigenvalue weighted by molar-refractivity contribution is 6.39. The van der Waals surface area contributed by atoms with E-state index in [1.807, 2.05) is 4.57 Å². The predicted octanol–water partition coefficient (Wildman–Crippen LogP) is 3.62. The zero-order chi connectivity index (χ0) is 24.9. The Morgan fingerprint density at radius 2 is 1.67 bits per heavy atom. The number of imide groups is 1. The Morgan fingerprint density at radius 1 is 0.972 bits per heavy atom. The van der Waals surface area contributed by atoms with Gasteiger partial charge in [0.2, 0.25) is 0 Å². The number of amides is 2. The van der Waals surface area contributed by atoms with Gasteiger partial charge in [-0.25, -0.2) is 8.78 Å². The Labute approximate surface area is 201 Å². The number of carbonyl (C=O) groups excluding carboxylic acids is 2. The molecule has 3 atom stereocenters. The minimum atomic E-state index is -0.847. The topological polar surface area (TPSA) is 117 Å². The summed E-state index contributed by atoms with van der Waals surface area (Å²) >= 11 is 0. The fourth-order valence-corrected chi connectivity index (χ4v) is 5.83. The van der Waals surface area contributed by atoms with Gasteiger partial charge in [-0.05, 0) is 49.2 Å². The predicted molar refractivity (Wildman–Crippen MR) is 127 cm³/mol. The molecule has 2 aliphatic rings. The standard InChI is InChI=1S/C26H19F2N3O5/c27-10-1-3-14-12(7-10)19-21-22(26(35)30-25(21)34)20-13-8-11(28)2-4-15(13)31(24(20)23(19)29-14)18-6-5-16(33)17(9-32)36-18/h1-4,7-8,16-18,29,32-33H,5-6,9H2,(H,30,34,35)/t16-,17-,18-/m1/s1. The second kappa shape index (κ2) is 7.33. The van der Waals surface area contributed by atoms with E-state index in [1.54, 1.807) is 12.1 Å². The number of aliphatic hydroxyl groups excluding tert-OH is 2. The number of halogens is 2. The fraction of sp³-hybridized carbons (Fsp3) is 0.231. The molecule has 182 valence electrons. The SMILES string of the molecule is O=C1NC(=O)c2c1c1c3cc(F)ccc3[nH]c1c1c2c2cc(F)ccc2n1[C@H]1CC[C@@H](O)[C@@H](CO)O1. The Kier molecular flexibility index (Phi) is 4.36. The van der Waals surface area contributed by atoms with E-state index >= 15 is 0 Å². The number of aromatic amines is 1. The fourth-order valence-electron chi connectivity index (χ4n) is 5.83. The van der Waals surface area contributed by atoms with Gasteiger partial charge in [0, 0.05) is 27.1 Å². The lowest BCUT2D eigenvalue weighted by Crippen LogP contribution is -2.39. The van der Waals surface area contributed by atoms with Crippen LogP contribution in [0.4, 0.5) is 8.78 Å². The van der Waals surface area contributed by atoms with Gasteiger partial charge in [-0.2, -0.15) is 0 Å². The van der Waals surface area contributed by atoms with Crippen molar-refractivity contribution >= 4 is 55.4 Å². The van der Waals surface area contributed by atoms with Crippen LogP contribution >= 0.6 is 0 Å². The molecule has 4 heterocycles. The molecule has 4 N–H and O–H groups in total. The molecule has 0 bridgehead atoms. The summed E-state index contributed by atoms with van der Waals surface area (Å²) in [6.07, 6.45) is -1.61. The van der Waals surface area contributed by atoms with Crippen LogP contribution in [0.25, 0.3) is 43.6 Å². The quantitative estimate of drug-likeness (QED) is 0.282. The molecule has 5 aromatic rings. The maximum Gasteiger partial charge on any atom is 0.259 e. The highest BCUT2D eigenvalue weighted by Crippen LogP contribution is 2.46. The molecular formula is C26H19F2N3O5. The molecule has 0 saturated carbocycles. The van der Waals surface area contributed by atoms with Gasteiger partial charge in [0.25, 0.3) is 11.8 Å². The van der Waals surface area contributed by atoms with Crippen LogP contribution in [-0.4, -0.2) is 50.4 Å². The van der Waals surface area contributed by atoms with Gasteiger partial charge >= 0.3 is 0 Å². The molecular weight excluding hydrogens is 472 g/mol. The van der Waals surface area contributed by atoms with Gasteiger partial charge in [-0.15, -0.1) is 0 Å². The van der Waals surface area contributed by atoms with Gasteiger partial charge in [0.15, 0.2) is 0 Å². The van der Waals surface area contributed by atoms with Gasteiger partial charge in [0.1, 0.15) is 24.0 Å². The second-order valence-corrected chi connectivity index (χ2v) is 9.31. The molecule has 1 fully saturated rings. The number of nitrogens with one attached hydrogen (secondary N) is 2. The zero-order valence-corrected chi connectivity index (χ0v) is 18.6. The molecule has 2 aliphatic heterocycles. The molecule has 0 radical (unpaired) electrons. The summed E-state index contributed by atoms with van der Waals surface area (Å²) in [5.74, 6) is -2.25. The number of rotatable bonds is 2. The first kappa shape index (κ1) is 21.4. The lowest BCUT2D eigenvalue weighted by Gasteiger charge is -2.34. The average molecular weight is 491 g/mol. The van der Waals surface area contributed by atoms with Crippen molar-refractivity contribution in [3.05, 3.63) is 59.2 Å². The van der Waals surface area contributed by atoms with E-state index in [-0.39, 0.29) is 11.1 Å². The monoisotopic (exact) mass is 491 g/mol. The van der Waals surface area contributed by atoms with Crippen LogP contribution in [0.15, 0.2) is 36.4 Å². The van der Waals surface area contributed by atoms with E-state index in [0.717, 1.165) is 0 Å². The molecule has 0 aliphatic carbocycles. The third-order valence-corrected chi connectivity index (χ3v) is 7.33. The highest BCUT2D eigenvalue weighted by atomic mass is 19.1. The Hall–Kier alpha value is -3.86. The molecule has 2 aromatic heterocycles. The molecule has 10 heteroatoms. The van der Waals surface area contributed by atoms with Gasteiger partial charge in [0.05, 0.1) is 40.4 Å². The summed E-state index contributed by atoms with van der Waals surface area (Å²) in [5, 5.41) is 23.9. The van der Waals surface area contributed by atoms with Crippen molar-refractivity contribution in [1.82, 2.24) is 14.9 Å². The minimum Gasteiger partial charge on any atom is -0.394 e. The summed E-state index contributed by atoms with van der Waals surface area (Å²) in [7, 11) is 0. The second-order valence-electron chi connectivity index (χ2n) is 9.31. The number of fused-ring (bicyclic) bond motifs is 10. The number of H-pyrrole nitrogens is 1. The van der Waals surface area contributed by atoms with E-state index < -0.39 is 48.5 Å². The van der Waals surface area contributed by atoms with E-state index in [9.17, 15) is 28.6 Å². The lowest BCUT2D eigenvalue weighted by molar-refractivity contribution is -0.156. The molecule has 1 saturated heterocycles. The van der Waals surface area contributed by atoms with Crippen molar-refractivity contribution in [2.75, 3.05) is 6.61 Å². The van der Waals surface area contributed by atoms with Crippen molar-refractivity contribution in [3.63, 3.8) is 0 Å². The lowest BCUT2D eigenvalue weighted by atomic mass is 9.96. The molecule has 2 amide bonds. The summed E-state index contributed by atoms with van der Waals surface area (Å²) in [6, 6.07) is 8.32. The average Bonchev–Trinajstić information content (AvgIpc) is 3.48. The first-order valence-corrected chi connectivity index (χ1v) is 11.6. The molecule has 0 spiro atoms. The van der Waals surface area contributed by atoms with Crippen molar-refractivity contribution in [2.45, 2.75) is 31.3 Å². The van der Waals surface area contributed by atoms with Crippen LogP contribution < -0.4 is 5.32 Å². The largest absolute Gasteiger partial charge is 0.394 e. The zero-order valence-electron chi connectivity index (χ0n) is 18.6. The summed E-state index contributed by atoms with van der Waals surface area (Å²) in [5.41, 5.74) is 2.28. The van der Waals surface area contributed by atoms with Gasteiger partial charge < -0.3 is 24.5 Å². The van der Waals surface area contributed by atoms with Crippen molar-refractivity contribution in [3.8, 4) is 0 Å². The minimum absolute atomic E-state index is 0.0940. The smallest absolute Gasteiger partial charge is 0.259 e. The van der Waals surface area contributed by atoms with Crippen molar-refractivity contribution < 1.29 is 33.3 Å². The van der Waals surface area contributed by atoms with E-state index in [2.05, 4.69) is 10.3 Å². The van der Waals surface area contributed by atoms with Crippen LogP contribution in [-0.2, 0) is 4.74 Å².